The number of para-hydroxylation sites is 2. The molecule has 2 amide bonds. The van der Waals surface area contributed by atoms with Crippen molar-refractivity contribution < 1.29 is 14.0 Å². The van der Waals surface area contributed by atoms with E-state index in [1.807, 2.05) is 97.9 Å². The van der Waals surface area contributed by atoms with Crippen molar-refractivity contribution in [2.75, 3.05) is 15.5 Å². The Morgan fingerprint density at radius 1 is 0.919 bits per heavy atom. The monoisotopic (exact) mass is 489 g/mol. The van der Waals surface area contributed by atoms with E-state index in [1.54, 1.807) is 11.2 Å². The van der Waals surface area contributed by atoms with Gasteiger partial charge in [0.1, 0.15) is 5.76 Å². The molecule has 37 heavy (non-hydrogen) atoms. The quantitative estimate of drug-likeness (QED) is 0.319. The number of furan rings is 1. The average Bonchev–Trinajstić information content (AvgIpc) is 3.40. The van der Waals surface area contributed by atoms with Crippen LogP contribution in [-0.4, -0.2) is 11.8 Å². The second-order valence-electron chi connectivity index (χ2n) is 9.56. The maximum absolute atomic E-state index is 14.0. The van der Waals surface area contributed by atoms with Crippen molar-refractivity contribution in [3.8, 4) is 0 Å². The molecule has 6 nitrogen and oxygen atoms in total. The van der Waals surface area contributed by atoms with Crippen LogP contribution in [0, 0.1) is 6.92 Å². The lowest BCUT2D eigenvalue weighted by molar-refractivity contribution is -0.116. The highest BCUT2D eigenvalue weighted by molar-refractivity contribution is 6.09. The molecule has 0 fully saturated rings. The van der Waals surface area contributed by atoms with E-state index in [0.29, 0.717) is 29.8 Å². The highest BCUT2D eigenvalue weighted by atomic mass is 16.3. The molecule has 184 valence electrons. The van der Waals surface area contributed by atoms with Crippen LogP contribution in [0.2, 0.25) is 0 Å². The molecule has 0 saturated heterocycles. The average molecular weight is 490 g/mol. The van der Waals surface area contributed by atoms with Gasteiger partial charge in [-0.05, 0) is 55.3 Å². The number of hydrogen-bond donors (Lipinski definition) is 2. The molecule has 1 aromatic heterocycles. The van der Waals surface area contributed by atoms with Crippen molar-refractivity contribution in [3.63, 3.8) is 0 Å². The van der Waals surface area contributed by atoms with Gasteiger partial charge < -0.3 is 15.1 Å². The second kappa shape index (κ2) is 9.47. The summed E-state index contributed by atoms with van der Waals surface area (Å²) < 4.78 is 5.67. The first-order valence-corrected chi connectivity index (χ1v) is 12.5. The van der Waals surface area contributed by atoms with E-state index >= 15 is 0 Å². The topological polar surface area (TPSA) is 74.6 Å². The summed E-state index contributed by atoms with van der Waals surface area (Å²) in [6.45, 7) is 2.01. The fourth-order valence-corrected chi connectivity index (χ4v) is 5.31. The van der Waals surface area contributed by atoms with Crippen molar-refractivity contribution in [2.24, 2.45) is 0 Å². The Labute approximate surface area is 215 Å². The number of benzene rings is 3. The fraction of sp³-hybridized carbons (Fsp3) is 0.161. The van der Waals surface area contributed by atoms with E-state index in [-0.39, 0.29) is 17.7 Å². The number of carbonyl (C=O) groups is 2. The van der Waals surface area contributed by atoms with E-state index in [1.165, 1.54) is 0 Å². The molecule has 3 aromatic carbocycles. The Morgan fingerprint density at radius 3 is 2.43 bits per heavy atom. The molecular weight excluding hydrogens is 462 g/mol. The van der Waals surface area contributed by atoms with Gasteiger partial charge in [-0.15, -0.1) is 0 Å². The molecular formula is C31H27N3O3. The Balaban J connectivity index is 1.50. The molecule has 2 aliphatic rings. The lowest BCUT2D eigenvalue weighted by atomic mass is 9.80. The third kappa shape index (κ3) is 4.31. The van der Waals surface area contributed by atoms with Crippen molar-refractivity contribution in [1.82, 2.24) is 0 Å². The van der Waals surface area contributed by atoms with Crippen molar-refractivity contribution in [2.45, 2.75) is 31.7 Å². The third-order valence-electron chi connectivity index (χ3n) is 7.07. The van der Waals surface area contributed by atoms with E-state index in [9.17, 15) is 9.59 Å². The summed E-state index contributed by atoms with van der Waals surface area (Å²) in [6, 6.07) is 28.0. The number of allylic oxidation sites excluding steroid dienone is 1. The Morgan fingerprint density at radius 2 is 1.68 bits per heavy atom. The Bertz CT molecular complexity index is 1470. The van der Waals surface area contributed by atoms with Crippen LogP contribution >= 0.6 is 0 Å². The maximum atomic E-state index is 14.0. The lowest BCUT2D eigenvalue weighted by Crippen LogP contribution is -2.41. The van der Waals surface area contributed by atoms with Gasteiger partial charge in [0.05, 0.1) is 23.7 Å². The summed E-state index contributed by atoms with van der Waals surface area (Å²) in [4.78, 5) is 29.6. The van der Waals surface area contributed by atoms with Gasteiger partial charge in [0.15, 0.2) is 5.78 Å². The number of urea groups is 1. The van der Waals surface area contributed by atoms with Gasteiger partial charge in [0.25, 0.3) is 0 Å². The maximum Gasteiger partial charge on any atom is 0.327 e. The molecule has 1 aliphatic heterocycles. The van der Waals surface area contributed by atoms with Gasteiger partial charge in [-0.1, -0.05) is 60.2 Å². The molecule has 0 saturated carbocycles. The van der Waals surface area contributed by atoms with Gasteiger partial charge in [0.2, 0.25) is 0 Å². The Kier molecular flexibility index (Phi) is 5.85. The predicted molar refractivity (Wildman–Crippen MR) is 145 cm³/mol. The van der Waals surface area contributed by atoms with Crippen LogP contribution in [0.5, 0.6) is 0 Å². The Hall–Kier alpha value is -4.58. The van der Waals surface area contributed by atoms with Gasteiger partial charge >= 0.3 is 6.03 Å². The molecule has 2 N–H and O–H groups in total. The molecule has 4 aromatic rings. The normalized spacial score (nSPS) is 18.9. The van der Waals surface area contributed by atoms with E-state index in [2.05, 4.69) is 10.6 Å². The smallest absolute Gasteiger partial charge is 0.327 e. The van der Waals surface area contributed by atoms with E-state index < -0.39 is 6.04 Å². The third-order valence-corrected chi connectivity index (χ3v) is 7.07. The van der Waals surface area contributed by atoms with Crippen molar-refractivity contribution in [1.29, 1.82) is 0 Å². The minimum absolute atomic E-state index is 0.00458. The first kappa shape index (κ1) is 22.9. The van der Waals surface area contributed by atoms with E-state index in [0.717, 1.165) is 28.3 Å². The van der Waals surface area contributed by atoms with Gasteiger partial charge in [-0.2, -0.15) is 0 Å². The number of anilines is 3. The molecule has 2 heterocycles. The number of carbonyl (C=O) groups excluding carboxylic acids is 2. The van der Waals surface area contributed by atoms with Crippen LogP contribution in [0.4, 0.5) is 21.9 Å². The van der Waals surface area contributed by atoms with Gasteiger partial charge in [0, 0.05) is 29.3 Å². The molecule has 0 unspecified atom stereocenters. The summed E-state index contributed by atoms with van der Waals surface area (Å²) in [5.41, 5.74) is 5.60. The zero-order valence-electron chi connectivity index (χ0n) is 20.5. The van der Waals surface area contributed by atoms with Crippen molar-refractivity contribution >= 4 is 28.9 Å². The summed E-state index contributed by atoms with van der Waals surface area (Å²) in [5.74, 6) is 0.736. The van der Waals surface area contributed by atoms with Crippen LogP contribution in [0.3, 0.4) is 0 Å². The molecule has 2 atom stereocenters. The minimum atomic E-state index is -0.595. The molecule has 0 radical (unpaired) electrons. The highest BCUT2D eigenvalue weighted by Gasteiger charge is 2.42. The van der Waals surface area contributed by atoms with Crippen LogP contribution in [0.25, 0.3) is 0 Å². The van der Waals surface area contributed by atoms with Crippen LogP contribution in [0.1, 0.15) is 41.7 Å². The van der Waals surface area contributed by atoms with Crippen LogP contribution in [0.15, 0.2) is 113 Å². The molecule has 6 heteroatoms. The molecule has 0 spiro atoms. The number of nitrogens with zero attached hydrogens (tertiary/aromatic N) is 1. The van der Waals surface area contributed by atoms with Crippen molar-refractivity contribution in [3.05, 3.63) is 125 Å². The number of amides is 2. The number of fused-ring (bicyclic) bond motifs is 1. The first-order valence-electron chi connectivity index (χ1n) is 12.5. The highest BCUT2D eigenvalue weighted by Crippen LogP contribution is 2.47. The van der Waals surface area contributed by atoms with E-state index in [4.69, 9.17) is 4.42 Å². The number of aryl methyl sites for hydroxylation is 1. The lowest BCUT2D eigenvalue weighted by Gasteiger charge is -2.34. The molecule has 0 bridgehead atoms. The first-order chi connectivity index (χ1) is 18.1. The summed E-state index contributed by atoms with van der Waals surface area (Å²) in [5, 5.41) is 6.59. The van der Waals surface area contributed by atoms with Crippen LogP contribution in [-0.2, 0) is 4.79 Å². The van der Waals surface area contributed by atoms with Crippen LogP contribution < -0.4 is 15.5 Å². The summed E-state index contributed by atoms with van der Waals surface area (Å²) in [7, 11) is 0. The summed E-state index contributed by atoms with van der Waals surface area (Å²) >= 11 is 0. The number of Topliss-reactive ketones (excluding diaryl/α,β-unsaturated/α-hetero) is 1. The minimum Gasteiger partial charge on any atom is -0.469 e. The van der Waals surface area contributed by atoms with Gasteiger partial charge in [-0.3, -0.25) is 9.69 Å². The second-order valence-corrected chi connectivity index (χ2v) is 9.56. The molecule has 6 rings (SSSR count). The number of rotatable bonds is 3. The number of ketones is 1. The summed E-state index contributed by atoms with van der Waals surface area (Å²) in [6.07, 6.45) is 2.57. The fourth-order valence-electron chi connectivity index (χ4n) is 5.31. The zero-order valence-corrected chi connectivity index (χ0v) is 20.5. The van der Waals surface area contributed by atoms with Gasteiger partial charge in [-0.25, -0.2) is 4.79 Å². The zero-order chi connectivity index (χ0) is 25.4. The SMILES string of the molecule is Cc1ccc(NC(=O)N2c3ccccc3NC3=C(C(=O)C[C@H](c4ccco4)C3)[C@H]2c2ccccc2)cc1. The largest absolute Gasteiger partial charge is 0.469 e. The number of hydrogen-bond acceptors (Lipinski definition) is 4. The standard InChI is InChI=1S/C31H27N3O3/c1-20-13-15-23(16-14-20)32-31(36)34-26-11-6-5-10-24(26)33-25-18-22(28-12-7-17-37-28)19-27(35)29(25)30(34)21-8-3-2-4-9-21/h2-17,22,30,33H,18-19H2,1H3,(H,32,36)/t22-,30-/m1/s1. The predicted octanol–water partition coefficient (Wildman–Crippen LogP) is 7.19. The molecule has 1 aliphatic carbocycles. The number of nitrogens with one attached hydrogen (secondary N) is 2.